The van der Waals surface area contributed by atoms with Crippen molar-refractivity contribution in [1.82, 2.24) is 10.2 Å². The van der Waals surface area contributed by atoms with Crippen LogP contribution in [0.2, 0.25) is 0 Å². The van der Waals surface area contributed by atoms with E-state index >= 15 is 0 Å². The zero-order valence-electron chi connectivity index (χ0n) is 13.2. The Hall–Kier alpha value is -2.07. The van der Waals surface area contributed by atoms with Crippen molar-refractivity contribution in [2.75, 3.05) is 18.2 Å². The lowest BCUT2D eigenvalue weighted by Gasteiger charge is -2.05. The Kier molecular flexibility index (Phi) is 5.92. The first-order chi connectivity index (χ1) is 12.1. The molecule has 0 atom stereocenters. The fraction of sp³-hybridized carbons (Fsp3) is 0.118. The number of ether oxygens (including phenoxy) is 1. The fourth-order valence-corrected chi connectivity index (χ4v) is 2.90. The molecular formula is C17H14IN3O3S. The number of thioether (sulfide) groups is 1. The van der Waals surface area contributed by atoms with Gasteiger partial charge in [-0.3, -0.25) is 4.79 Å². The van der Waals surface area contributed by atoms with Crippen molar-refractivity contribution >= 4 is 45.9 Å². The summed E-state index contributed by atoms with van der Waals surface area (Å²) in [6.45, 7) is 0. The predicted octanol–water partition coefficient (Wildman–Crippen LogP) is 4.08. The van der Waals surface area contributed by atoms with Crippen molar-refractivity contribution in [2.45, 2.75) is 5.22 Å². The monoisotopic (exact) mass is 467 g/mol. The molecule has 1 N–H and O–H groups in total. The third-order valence-corrected chi connectivity index (χ3v) is 4.74. The molecule has 3 rings (SSSR count). The van der Waals surface area contributed by atoms with E-state index in [4.69, 9.17) is 9.15 Å². The van der Waals surface area contributed by atoms with Crippen LogP contribution < -0.4 is 10.1 Å². The lowest BCUT2D eigenvalue weighted by molar-refractivity contribution is -0.113. The molecule has 0 aliphatic rings. The molecule has 0 aliphatic heterocycles. The number of hydrogen-bond donors (Lipinski definition) is 1. The molecule has 0 bridgehead atoms. The lowest BCUT2D eigenvalue weighted by Crippen LogP contribution is -2.13. The van der Waals surface area contributed by atoms with Gasteiger partial charge in [0.15, 0.2) is 0 Å². The molecule has 0 saturated heterocycles. The topological polar surface area (TPSA) is 77.2 Å². The van der Waals surface area contributed by atoms with Crippen LogP contribution >= 0.6 is 34.4 Å². The number of nitrogens with zero attached hydrogens (tertiary/aromatic N) is 2. The first-order valence-electron chi connectivity index (χ1n) is 7.30. The van der Waals surface area contributed by atoms with Crippen LogP contribution in [0.4, 0.5) is 5.69 Å². The number of halogens is 1. The number of nitrogens with one attached hydrogen (secondary N) is 1. The average Bonchev–Trinajstić information content (AvgIpc) is 3.10. The summed E-state index contributed by atoms with van der Waals surface area (Å²) in [5.41, 5.74) is 1.55. The fourth-order valence-electron chi connectivity index (χ4n) is 1.98. The highest BCUT2D eigenvalue weighted by molar-refractivity contribution is 14.1. The Labute approximate surface area is 162 Å². The first kappa shape index (κ1) is 17.7. The normalized spacial score (nSPS) is 10.5. The van der Waals surface area contributed by atoms with E-state index in [9.17, 15) is 4.79 Å². The molecule has 0 saturated carbocycles. The van der Waals surface area contributed by atoms with Crippen molar-refractivity contribution in [3.05, 3.63) is 52.1 Å². The first-order valence-corrected chi connectivity index (χ1v) is 9.36. The van der Waals surface area contributed by atoms with Gasteiger partial charge in [-0.05, 0) is 71.1 Å². The summed E-state index contributed by atoms with van der Waals surface area (Å²) in [6.07, 6.45) is 0. The van der Waals surface area contributed by atoms with E-state index in [-0.39, 0.29) is 11.7 Å². The summed E-state index contributed by atoms with van der Waals surface area (Å²) in [7, 11) is 1.60. The molecule has 8 heteroatoms. The van der Waals surface area contributed by atoms with Crippen LogP contribution in [0.1, 0.15) is 0 Å². The lowest BCUT2D eigenvalue weighted by atomic mass is 10.2. The summed E-state index contributed by atoms with van der Waals surface area (Å²) >= 11 is 3.43. The van der Waals surface area contributed by atoms with Crippen molar-refractivity contribution in [2.24, 2.45) is 0 Å². The molecule has 1 amide bonds. The number of rotatable bonds is 6. The molecule has 0 fully saturated rings. The third kappa shape index (κ3) is 4.95. The number of carbonyl (C=O) groups is 1. The standard InChI is InChI=1S/C17H14IN3O3S/c1-23-14-8-6-13(7-9-14)19-15(22)10-25-17-21-20-16(24-17)11-2-4-12(18)5-3-11/h2-9H,10H2,1H3,(H,19,22). The van der Waals surface area contributed by atoms with Crippen molar-refractivity contribution < 1.29 is 13.9 Å². The van der Waals surface area contributed by atoms with Crippen LogP contribution in [0.15, 0.2) is 58.2 Å². The number of aromatic nitrogens is 2. The number of anilines is 1. The van der Waals surface area contributed by atoms with Crippen LogP contribution in [-0.2, 0) is 4.79 Å². The predicted molar refractivity (Wildman–Crippen MR) is 105 cm³/mol. The number of methoxy groups -OCH3 is 1. The smallest absolute Gasteiger partial charge is 0.277 e. The van der Waals surface area contributed by atoms with Crippen LogP contribution in [-0.4, -0.2) is 29.0 Å². The van der Waals surface area contributed by atoms with Crippen molar-refractivity contribution in [3.63, 3.8) is 0 Å². The molecule has 128 valence electrons. The Morgan fingerprint density at radius 2 is 1.88 bits per heavy atom. The highest BCUT2D eigenvalue weighted by atomic mass is 127. The van der Waals surface area contributed by atoms with Crippen LogP contribution in [0.5, 0.6) is 5.75 Å². The summed E-state index contributed by atoms with van der Waals surface area (Å²) in [6, 6.07) is 14.9. The van der Waals surface area contributed by atoms with E-state index in [1.54, 1.807) is 31.4 Å². The zero-order valence-corrected chi connectivity index (χ0v) is 16.2. The van der Waals surface area contributed by atoms with Gasteiger partial charge in [0.25, 0.3) is 5.22 Å². The van der Waals surface area contributed by atoms with Gasteiger partial charge in [0.1, 0.15) is 5.75 Å². The minimum absolute atomic E-state index is 0.149. The van der Waals surface area contributed by atoms with E-state index in [1.807, 2.05) is 24.3 Å². The average molecular weight is 467 g/mol. The highest BCUT2D eigenvalue weighted by Gasteiger charge is 2.11. The van der Waals surface area contributed by atoms with Gasteiger partial charge in [-0.1, -0.05) is 11.8 Å². The molecule has 1 aromatic heterocycles. The Morgan fingerprint density at radius 3 is 2.56 bits per heavy atom. The van der Waals surface area contributed by atoms with E-state index in [1.165, 1.54) is 11.8 Å². The van der Waals surface area contributed by atoms with Crippen LogP contribution in [0.25, 0.3) is 11.5 Å². The quantitative estimate of drug-likeness (QED) is 0.435. The largest absolute Gasteiger partial charge is 0.497 e. The van der Waals surface area contributed by atoms with Gasteiger partial charge in [-0.2, -0.15) is 0 Å². The van der Waals surface area contributed by atoms with E-state index in [0.29, 0.717) is 16.8 Å². The second kappa shape index (κ2) is 8.34. The summed E-state index contributed by atoms with van der Waals surface area (Å²) in [5, 5.41) is 11.1. The molecule has 2 aromatic carbocycles. The van der Waals surface area contributed by atoms with Gasteiger partial charge >= 0.3 is 0 Å². The Balaban J connectivity index is 1.54. The third-order valence-electron chi connectivity index (χ3n) is 3.20. The maximum atomic E-state index is 12.0. The molecule has 0 radical (unpaired) electrons. The minimum Gasteiger partial charge on any atom is -0.497 e. The molecule has 1 heterocycles. The summed E-state index contributed by atoms with van der Waals surface area (Å²) < 4.78 is 11.8. The summed E-state index contributed by atoms with van der Waals surface area (Å²) in [4.78, 5) is 12.0. The maximum Gasteiger partial charge on any atom is 0.277 e. The number of amides is 1. The molecule has 6 nitrogen and oxygen atoms in total. The number of benzene rings is 2. The number of carbonyl (C=O) groups excluding carboxylic acids is 1. The highest BCUT2D eigenvalue weighted by Crippen LogP contribution is 2.24. The number of hydrogen-bond acceptors (Lipinski definition) is 6. The molecule has 0 aliphatic carbocycles. The van der Waals surface area contributed by atoms with Gasteiger partial charge in [-0.15, -0.1) is 10.2 Å². The molecule has 0 unspecified atom stereocenters. The van der Waals surface area contributed by atoms with E-state index in [2.05, 4.69) is 38.1 Å². The van der Waals surface area contributed by atoms with Gasteiger partial charge in [0.05, 0.1) is 12.9 Å². The molecule has 0 spiro atoms. The Bertz CT molecular complexity index is 850. The van der Waals surface area contributed by atoms with E-state index < -0.39 is 0 Å². The summed E-state index contributed by atoms with van der Waals surface area (Å²) in [5.74, 6) is 1.21. The van der Waals surface area contributed by atoms with Crippen molar-refractivity contribution in [1.29, 1.82) is 0 Å². The van der Waals surface area contributed by atoms with Crippen LogP contribution in [0, 0.1) is 3.57 Å². The molecular weight excluding hydrogens is 453 g/mol. The van der Waals surface area contributed by atoms with Crippen molar-refractivity contribution in [3.8, 4) is 17.2 Å². The van der Waals surface area contributed by atoms with Gasteiger partial charge in [0.2, 0.25) is 11.8 Å². The molecule has 3 aromatic rings. The zero-order chi connectivity index (χ0) is 17.6. The van der Waals surface area contributed by atoms with Gasteiger partial charge < -0.3 is 14.5 Å². The second-order valence-electron chi connectivity index (χ2n) is 4.95. The van der Waals surface area contributed by atoms with Gasteiger partial charge in [-0.25, -0.2) is 0 Å². The molecule has 25 heavy (non-hydrogen) atoms. The Morgan fingerprint density at radius 1 is 1.16 bits per heavy atom. The SMILES string of the molecule is COc1ccc(NC(=O)CSc2nnc(-c3ccc(I)cc3)o2)cc1. The minimum atomic E-state index is -0.149. The van der Waals surface area contributed by atoms with Crippen LogP contribution in [0.3, 0.4) is 0 Å². The van der Waals surface area contributed by atoms with Gasteiger partial charge in [0, 0.05) is 14.8 Å². The maximum absolute atomic E-state index is 12.0. The second-order valence-corrected chi connectivity index (χ2v) is 7.12. The van der Waals surface area contributed by atoms with E-state index in [0.717, 1.165) is 14.9 Å².